The molecule has 0 saturated heterocycles. The molecule has 0 aromatic rings. The second kappa shape index (κ2) is 17.8. The predicted octanol–water partition coefficient (Wildman–Crippen LogP) is -3.61. The van der Waals surface area contributed by atoms with Crippen molar-refractivity contribution in [2.75, 3.05) is 111 Å². The zero-order valence-corrected chi connectivity index (χ0v) is 24.9. The van der Waals surface area contributed by atoms with Crippen LogP contribution in [0.5, 0.6) is 0 Å². The Morgan fingerprint density at radius 2 is 0.882 bits per heavy atom. The summed E-state index contributed by atoms with van der Waals surface area (Å²) in [6, 6.07) is 0. The number of rotatable bonds is 12. The van der Waals surface area contributed by atoms with Crippen molar-refractivity contribution in [3.63, 3.8) is 0 Å². The first-order valence-corrected chi connectivity index (χ1v) is 12.6. The Labute approximate surface area is 214 Å². The zero-order chi connectivity index (χ0) is 25.6. The van der Waals surface area contributed by atoms with Crippen LogP contribution in [0.15, 0.2) is 19.1 Å². The summed E-state index contributed by atoms with van der Waals surface area (Å²) in [6.07, 6.45) is 0. The molecule has 0 aromatic carbocycles. The van der Waals surface area contributed by atoms with Gasteiger partial charge in [0.05, 0.1) is 18.8 Å². The van der Waals surface area contributed by atoms with Gasteiger partial charge in [0.25, 0.3) is 0 Å². The lowest BCUT2D eigenvalue weighted by Crippen LogP contribution is -3.00. The highest BCUT2D eigenvalue weighted by Gasteiger charge is 2.45. The Bertz CT molecular complexity index is 643. The molecule has 0 radical (unpaired) electrons. The number of hydrogen-bond acceptors (Lipinski definition) is 8. The molecule has 12 nitrogen and oxygen atoms in total. The SMILES string of the molecule is CNCC(CNC)=N[P+](N=C(CNC)N(C)C)(N=C(CNC)N(C)C)N=C(N(C)C)N(C)C.[Cl-]. The summed E-state index contributed by atoms with van der Waals surface area (Å²) in [4.78, 5) is 7.90. The van der Waals surface area contributed by atoms with Crippen LogP contribution < -0.4 is 33.7 Å². The number of likely N-dealkylation sites (N-methyl/N-ethyl adjacent to an activating group) is 4. The van der Waals surface area contributed by atoms with Crippen LogP contribution >= 0.6 is 7.87 Å². The highest BCUT2D eigenvalue weighted by Crippen LogP contribution is 2.66. The quantitative estimate of drug-likeness (QED) is 0.118. The Balaban J connectivity index is 0. The van der Waals surface area contributed by atoms with Crippen molar-refractivity contribution in [2.45, 2.75) is 0 Å². The second-order valence-corrected chi connectivity index (χ2v) is 10.2. The average molecular weight is 523 g/mol. The lowest BCUT2D eigenvalue weighted by Gasteiger charge is -2.23. The summed E-state index contributed by atoms with van der Waals surface area (Å²) in [7, 11) is 20.4. The largest absolute Gasteiger partial charge is 1.00 e. The molecule has 0 aliphatic heterocycles. The van der Waals surface area contributed by atoms with Crippen molar-refractivity contribution in [2.24, 2.45) is 19.1 Å². The van der Waals surface area contributed by atoms with Crippen LogP contribution in [0.25, 0.3) is 0 Å². The number of nitrogens with zero attached hydrogens (tertiary/aromatic N) is 8. The predicted molar refractivity (Wildman–Crippen MR) is 147 cm³/mol. The van der Waals surface area contributed by atoms with Crippen LogP contribution in [0.4, 0.5) is 0 Å². The van der Waals surface area contributed by atoms with Gasteiger partial charge < -0.3 is 53.3 Å². The van der Waals surface area contributed by atoms with E-state index in [9.17, 15) is 0 Å². The molecule has 0 bridgehead atoms. The third-order valence-corrected chi connectivity index (χ3v) is 6.26. The molecule has 0 rings (SSSR count). The number of nitrogens with one attached hydrogen (secondary N) is 4. The number of amidine groups is 2. The molecular formula is C20H48ClN12P. The average Bonchev–Trinajstić information content (AvgIpc) is 2.71. The second-order valence-electron chi connectivity index (χ2n) is 8.33. The standard InChI is InChI=1S/C20H48N12P.ClH/c1-21-13-17(14-22-2)25-33(26-18(15-23-3)29(5)6,27-19(16-24-4)30(7)8)28-20(31(9)10)32(11)12;/h21-24H,13-16H2,1-12H3;1H/q+1;/p-1. The van der Waals surface area contributed by atoms with Crippen LogP contribution in [-0.4, -0.2) is 154 Å². The van der Waals surface area contributed by atoms with Crippen molar-refractivity contribution in [3.8, 4) is 0 Å². The Morgan fingerprint density at radius 1 is 0.529 bits per heavy atom. The van der Waals surface area contributed by atoms with Gasteiger partial charge in [-0.25, -0.2) is 0 Å². The van der Waals surface area contributed by atoms with Crippen LogP contribution in [0.2, 0.25) is 0 Å². The maximum absolute atomic E-state index is 5.18. The fourth-order valence-electron chi connectivity index (χ4n) is 2.76. The monoisotopic (exact) mass is 522 g/mol. The molecule has 0 spiro atoms. The van der Waals surface area contributed by atoms with Crippen molar-refractivity contribution >= 4 is 31.2 Å². The van der Waals surface area contributed by atoms with E-state index in [1.165, 1.54) is 0 Å². The molecule has 0 heterocycles. The molecule has 34 heavy (non-hydrogen) atoms. The van der Waals surface area contributed by atoms with Crippen molar-refractivity contribution in [1.29, 1.82) is 0 Å². The summed E-state index contributed by atoms with van der Waals surface area (Å²) in [5.41, 5.74) is 0.909. The lowest BCUT2D eigenvalue weighted by atomic mass is 10.4. The minimum Gasteiger partial charge on any atom is -1.00 e. The van der Waals surface area contributed by atoms with E-state index in [1.54, 1.807) is 0 Å². The van der Waals surface area contributed by atoms with Crippen molar-refractivity contribution < 1.29 is 12.4 Å². The van der Waals surface area contributed by atoms with Crippen LogP contribution in [0.1, 0.15) is 0 Å². The smallest absolute Gasteiger partial charge is 0.500 e. The van der Waals surface area contributed by atoms with E-state index < -0.39 is 7.87 Å². The van der Waals surface area contributed by atoms with E-state index >= 15 is 0 Å². The fourth-order valence-corrected chi connectivity index (χ4v) is 5.26. The topological polar surface area (TPSA) is 111 Å². The summed E-state index contributed by atoms with van der Waals surface area (Å²) in [6.45, 7) is 2.36. The van der Waals surface area contributed by atoms with Crippen LogP contribution in [0, 0.1) is 0 Å². The molecular weight excluding hydrogens is 475 g/mol. The van der Waals surface area contributed by atoms with Gasteiger partial charge in [0.2, 0.25) is 5.96 Å². The minimum atomic E-state index is -3.03. The molecule has 0 fully saturated rings. The van der Waals surface area contributed by atoms with E-state index in [0.29, 0.717) is 26.2 Å². The van der Waals surface area contributed by atoms with E-state index in [0.717, 1.165) is 23.3 Å². The molecule has 0 saturated carbocycles. The van der Waals surface area contributed by atoms with E-state index in [2.05, 4.69) is 21.3 Å². The molecule has 14 heteroatoms. The molecule has 0 aliphatic rings. The van der Waals surface area contributed by atoms with Gasteiger partial charge in [-0.05, 0) is 42.5 Å². The summed E-state index contributed by atoms with van der Waals surface area (Å²) < 4.78 is 20.7. The molecule has 0 atom stereocenters. The first-order chi connectivity index (χ1) is 15.5. The molecule has 0 aliphatic carbocycles. The third-order valence-electron chi connectivity index (χ3n) is 4.26. The van der Waals surface area contributed by atoms with E-state index in [1.807, 2.05) is 104 Å². The third kappa shape index (κ3) is 12.2. The molecule has 4 N–H and O–H groups in total. The highest BCUT2D eigenvalue weighted by molar-refractivity contribution is 7.71. The van der Waals surface area contributed by atoms with Gasteiger partial charge in [-0.1, -0.05) is 4.76 Å². The molecule has 0 aromatic heterocycles. The lowest BCUT2D eigenvalue weighted by molar-refractivity contribution is -0.00000798. The Morgan fingerprint density at radius 3 is 1.15 bits per heavy atom. The molecule has 200 valence electrons. The van der Waals surface area contributed by atoms with Gasteiger partial charge in [-0.2, -0.15) is 0 Å². The van der Waals surface area contributed by atoms with E-state index in [4.69, 9.17) is 19.1 Å². The van der Waals surface area contributed by atoms with Gasteiger partial charge in [-0.3, -0.25) is 0 Å². The fraction of sp³-hybridized carbons (Fsp3) is 0.800. The van der Waals surface area contributed by atoms with Crippen LogP contribution in [0.3, 0.4) is 0 Å². The summed E-state index contributed by atoms with van der Waals surface area (Å²) in [5.74, 6) is 2.41. The maximum atomic E-state index is 5.18. The zero-order valence-electron chi connectivity index (χ0n) is 23.2. The van der Waals surface area contributed by atoms with Crippen molar-refractivity contribution in [1.82, 2.24) is 40.9 Å². The minimum absolute atomic E-state index is 0. The molecule has 0 unspecified atom stereocenters. The number of guanidine groups is 1. The number of hydrogen-bond donors (Lipinski definition) is 4. The summed E-state index contributed by atoms with van der Waals surface area (Å²) >= 11 is 0. The van der Waals surface area contributed by atoms with Gasteiger partial charge in [-0.15, -0.1) is 0 Å². The first kappa shape index (κ1) is 34.6. The van der Waals surface area contributed by atoms with Gasteiger partial charge in [0.1, 0.15) is 0 Å². The first-order valence-electron chi connectivity index (χ1n) is 11.0. The van der Waals surface area contributed by atoms with Crippen LogP contribution in [-0.2, 0) is 0 Å². The van der Waals surface area contributed by atoms with Gasteiger partial charge in [0, 0.05) is 69.5 Å². The van der Waals surface area contributed by atoms with E-state index in [-0.39, 0.29) is 12.4 Å². The van der Waals surface area contributed by atoms with Crippen molar-refractivity contribution in [3.05, 3.63) is 0 Å². The number of halogens is 1. The Hall–Kier alpha value is -1.56. The van der Waals surface area contributed by atoms with Gasteiger partial charge >= 0.3 is 7.87 Å². The maximum Gasteiger partial charge on any atom is 0.500 e. The normalized spacial score (nSPS) is 13.4. The Kier molecular flexibility index (Phi) is 18.1. The molecule has 0 amide bonds. The summed E-state index contributed by atoms with van der Waals surface area (Å²) in [5, 5.41) is 12.8. The van der Waals surface area contributed by atoms with Gasteiger partial charge in [0.15, 0.2) is 11.7 Å². The highest BCUT2D eigenvalue weighted by atomic mass is 35.5.